The molecule has 2 aromatic rings. The van der Waals surface area contributed by atoms with Crippen molar-refractivity contribution < 1.29 is 9.32 Å². The second-order valence-corrected chi connectivity index (χ2v) is 7.04. The molecule has 1 aliphatic rings. The van der Waals surface area contributed by atoms with Crippen molar-refractivity contribution in [3.8, 4) is 0 Å². The topological polar surface area (TPSA) is 46.3 Å². The van der Waals surface area contributed by atoms with E-state index in [1.165, 1.54) is 11.1 Å². The van der Waals surface area contributed by atoms with Crippen LogP contribution in [0.2, 0.25) is 0 Å². The molecule has 1 saturated heterocycles. The van der Waals surface area contributed by atoms with Gasteiger partial charge in [0, 0.05) is 29.0 Å². The molecule has 4 nitrogen and oxygen atoms in total. The van der Waals surface area contributed by atoms with Crippen LogP contribution in [0, 0.1) is 6.92 Å². The zero-order valence-corrected chi connectivity index (χ0v) is 12.9. The van der Waals surface area contributed by atoms with Crippen molar-refractivity contribution >= 4 is 29.0 Å². The fraction of sp³-hybridized carbons (Fsp3) is 0.429. The number of amides is 1. The molecular formula is C14H16N2O2S2. The maximum Gasteiger partial charge on any atom is 0.259 e. The lowest BCUT2D eigenvalue weighted by molar-refractivity contribution is 0.0765. The average Bonchev–Trinajstić information content (AvgIpc) is 3.05. The van der Waals surface area contributed by atoms with E-state index in [1.807, 2.05) is 16.7 Å². The van der Waals surface area contributed by atoms with Crippen molar-refractivity contribution in [3.05, 3.63) is 39.9 Å². The first-order valence-corrected chi connectivity index (χ1v) is 8.54. The monoisotopic (exact) mass is 308 g/mol. The largest absolute Gasteiger partial charge is 0.361 e. The summed E-state index contributed by atoms with van der Waals surface area (Å²) >= 11 is 3.74. The molecule has 1 amide bonds. The van der Waals surface area contributed by atoms with Gasteiger partial charge >= 0.3 is 0 Å². The molecule has 1 fully saturated rings. The van der Waals surface area contributed by atoms with Crippen LogP contribution in [0.3, 0.4) is 0 Å². The Morgan fingerprint density at radius 1 is 1.50 bits per heavy atom. The van der Waals surface area contributed by atoms with Gasteiger partial charge in [-0.25, -0.2) is 0 Å². The summed E-state index contributed by atoms with van der Waals surface area (Å²) in [5.41, 5.74) is 0.588. The number of hydrogen-bond donors (Lipinski definition) is 0. The van der Waals surface area contributed by atoms with Crippen LogP contribution in [-0.4, -0.2) is 34.8 Å². The number of thioether (sulfide) groups is 1. The highest BCUT2D eigenvalue weighted by atomic mass is 32.2. The maximum atomic E-state index is 12.4. The molecule has 0 saturated carbocycles. The Morgan fingerprint density at radius 3 is 3.10 bits per heavy atom. The molecule has 2 aromatic heterocycles. The third-order valence-electron chi connectivity index (χ3n) is 3.47. The smallest absolute Gasteiger partial charge is 0.259 e. The fourth-order valence-electron chi connectivity index (χ4n) is 2.35. The number of aryl methyl sites for hydroxylation is 1. The van der Waals surface area contributed by atoms with Gasteiger partial charge < -0.3 is 9.42 Å². The molecule has 3 heterocycles. The standard InChI is InChI=1S/C14H16N2O2S2/c1-10-11(9-15-18-10)14(17)16-5-4-13(20-8-6-16)12-3-2-7-19-12/h2-3,7,9,13H,4-6,8H2,1H3/t13-/m0/s1. The normalized spacial score (nSPS) is 19.9. The van der Waals surface area contributed by atoms with E-state index in [0.717, 1.165) is 25.3 Å². The lowest BCUT2D eigenvalue weighted by Gasteiger charge is -2.19. The van der Waals surface area contributed by atoms with Gasteiger partial charge in [0.2, 0.25) is 0 Å². The molecule has 0 N–H and O–H groups in total. The molecule has 0 spiro atoms. The van der Waals surface area contributed by atoms with Crippen molar-refractivity contribution in [2.75, 3.05) is 18.8 Å². The first-order valence-electron chi connectivity index (χ1n) is 6.61. The Morgan fingerprint density at radius 2 is 2.40 bits per heavy atom. The molecule has 20 heavy (non-hydrogen) atoms. The molecule has 0 bridgehead atoms. The van der Waals surface area contributed by atoms with Crippen molar-refractivity contribution in [2.45, 2.75) is 18.6 Å². The molecular weight excluding hydrogens is 292 g/mol. The van der Waals surface area contributed by atoms with E-state index in [4.69, 9.17) is 4.52 Å². The highest BCUT2D eigenvalue weighted by Crippen LogP contribution is 2.36. The van der Waals surface area contributed by atoms with Crippen LogP contribution >= 0.6 is 23.1 Å². The predicted octanol–water partition coefficient (Wildman–Crippen LogP) is 3.36. The lowest BCUT2D eigenvalue weighted by Crippen LogP contribution is -2.33. The van der Waals surface area contributed by atoms with Crippen LogP contribution in [0.25, 0.3) is 0 Å². The molecule has 0 aliphatic carbocycles. The Kier molecular flexibility index (Phi) is 4.12. The van der Waals surface area contributed by atoms with Gasteiger partial charge in [0.15, 0.2) is 0 Å². The highest BCUT2D eigenvalue weighted by molar-refractivity contribution is 7.99. The van der Waals surface area contributed by atoms with Crippen LogP contribution in [0.15, 0.2) is 28.2 Å². The zero-order valence-electron chi connectivity index (χ0n) is 11.2. The number of hydrogen-bond acceptors (Lipinski definition) is 5. The quantitative estimate of drug-likeness (QED) is 0.853. The van der Waals surface area contributed by atoms with E-state index in [1.54, 1.807) is 18.3 Å². The van der Waals surface area contributed by atoms with Gasteiger partial charge in [-0.15, -0.1) is 11.3 Å². The van der Waals surface area contributed by atoms with E-state index in [0.29, 0.717) is 16.6 Å². The summed E-state index contributed by atoms with van der Waals surface area (Å²) < 4.78 is 4.99. The minimum Gasteiger partial charge on any atom is -0.361 e. The van der Waals surface area contributed by atoms with Crippen molar-refractivity contribution in [1.82, 2.24) is 10.1 Å². The Bertz CT molecular complexity index is 580. The van der Waals surface area contributed by atoms with Crippen LogP contribution in [0.5, 0.6) is 0 Å². The molecule has 0 radical (unpaired) electrons. The van der Waals surface area contributed by atoms with Gasteiger partial charge in [-0.2, -0.15) is 11.8 Å². The minimum absolute atomic E-state index is 0.0381. The van der Waals surface area contributed by atoms with Gasteiger partial charge in [-0.1, -0.05) is 11.2 Å². The van der Waals surface area contributed by atoms with Crippen molar-refractivity contribution in [2.24, 2.45) is 0 Å². The second-order valence-electron chi connectivity index (χ2n) is 4.75. The van der Waals surface area contributed by atoms with Crippen LogP contribution in [-0.2, 0) is 0 Å². The summed E-state index contributed by atoms with van der Waals surface area (Å²) in [6, 6.07) is 4.28. The van der Waals surface area contributed by atoms with E-state index in [-0.39, 0.29) is 5.91 Å². The Hall–Kier alpha value is -1.27. The summed E-state index contributed by atoms with van der Waals surface area (Å²) in [4.78, 5) is 15.8. The van der Waals surface area contributed by atoms with E-state index >= 15 is 0 Å². The van der Waals surface area contributed by atoms with E-state index in [2.05, 4.69) is 22.7 Å². The summed E-state index contributed by atoms with van der Waals surface area (Å²) in [6.45, 7) is 3.36. The van der Waals surface area contributed by atoms with Gasteiger partial charge in [-0.3, -0.25) is 4.79 Å². The first kappa shape index (κ1) is 13.7. The van der Waals surface area contributed by atoms with Crippen LogP contribution in [0.4, 0.5) is 0 Å². The molecule has 0 aromatic carbocycles. The van der Waals surface area contributed by atoms with Gasteiger partial charge in [0.25, 0.3) is 5.91 Å². The van der Waals surface area contributed by atoms with Gasteiger partial charge in [0.05, 0.1) is 6.20 Å². The van der Waals surface area contributed by atoms with Crippen molar-refractivity contribution in [1.29, 1.82) is 0 Å². The molecule has 0 unspecified atom stereocenters. The maximum absolute atomic E-state index is 12.4. The number of thiophene rings is 1. The third kappa shape index (κ3) is 2.76. The fourth-order valence-corrected chi connectivity index (χ4v) is 4.59. The molecule has 106 valence electrons. The average molecular weight is 308 g/mol. The summed E-state index contributed by atoms with van der Waals surface area (Å²) in [5.74, 6) is 1.61. The molecule has 6 heteroatoms. The summed E-state index contributed by atoms with van der Waals surface area (Å²) in [6.07, 6.45) is 2.52. The van der Waals surface area contributed by atoms with Crippen molar-refractivity contribution in [3.63, 3.8) is 0 Å². The Labute approximate surface area is 126 Å². The molecule has 3 rings (SSSR count). The lowest BCUT2D eigenvalue weighted by atomic mass is 10.2. The highest BCUT2D eigenvalue weighted by Gasteiger charge is 2.25. The summed E-state index contributed by atoms with van der Waals surface area (Å²) in [7, 11) is 0. The number of carbonyl (C=O) groups excluding carboxylic acids is 1. The van der Waals surface area contributed by atoms with Gasteiger partial charge in [0.1, 0.15) is 11.3 Å². The number of nitrogens with zero attached hydrogens (tertiary/aromatic N) is 2. The molecule has 1 aliphatic heterocycles. The van der Waals surface area contributed by atoms with Crippen LogP contribution < -0.4 is 0 Å². The summed E-state index contributed by atoms with van der Waals surface area (Å²) in [5, 5.41) is 6.32. The minimum atomic E-state index is 0.0381. The second kappa shape index (κ2) is 6.01. The Balaban J connectivity index is 1.68. The third-order valence-corrected chi connectivity index (χ3v) is 5.92. The SMILES string of the molecule is Cc1oncc1C(=O)N1CCS[C@H](c2cccs2)CC1. The van der Waals surface area contributed by atoms with E-state index in [9.17, 15) is 4.79 Å². The predicted molar refractivity (Wildman–Crippen MR) is 81.3 cm³/mol. The number of aromatic nitrogens is 1. The first-order chi connectivity index (χ1) is 9.75. The number of rotatable bonds is 2. The molecule has 1 atom stereocenters. The number of carbonyl (C=O) groups is 1. The van der Waals surface area contributed by atoms with E-state index < -0.39 is 0 Å². The zero-order chi connectivity index (χ0) is 13.9. The van der Waals surface area contributed by atoms with Gasteiger partial charge in [-0.05, 0) is 24.8 Å². The van der Waals surface area contributed by atoms with Crippen LogP contribution in [0.1, 0.15) is 32.7 Å².